The molecule has 12 heteroatoms. The van der Waals surface area contributed by atoms with Gasteiger partial charge in [0.2, 0.25) is 11.8 Å². The molecule has 2 aromatic carbocycles. The van der Waals surface area contributed by atoms with Crippen molar-refractivity contribution in [1.29, 1.82) is 0 Å². The van der Waals surface area contributed by atoms with Crippen molar-refractivity contribution in [2.45, 2.75) is 68.5 Å². The summed E-state index contributed by atoms with van der Waals surface area (Å²) in [6.45, 7) is 8.94. The van der Waals surface area contributed by atoms with E-state index in [0.717, 1.165) is 0 Å². The van der Waals surface area contributed by atoms with Gasteiger partial charge in [-0.15, -0.1) is 13.2 Å². The number of benzene rings is 2. The molecule has 0 aliphatic carbocycles. The van der Waals surface area contributed by atoms with Crippen LogP contribution in [0.1, 0.15) is 44.3 Å². The van der Waals surface area contributed by atoms with Crippen molar-refractivity contribution in [3.8, 4) is 0 Å². The summed E-state index contributed by atoms with van der Waals surface area (Å²) in [6, 6.07) is 13.2. The molecule has 0 aromatic heterocycles. The van der Waals surface area contributed by atoms with Crippen LogP contribution in [0.15, 0.2) is 79.9 Å². The molecule has 3 aliphatic rings. The Morgan fingerprint density at radius 3 is 2.51 bits per heavy atom. The topological polar surface area (TPSA) is 135 Å². The van der Waals surface area contributed by atoms with E-state index in [4.69, 9.17) is 25.8 Å². The number of carbonyl (C=O) groups is 4. The van der Waals surface area contributed by atoms with Crippen molar-refractivity contribution in [3.63, 3.8) is 0 Å². The zero-order valence-electron chi connectivity index (χ0n) is 27.8. The number of hydrogen-bond acceptors (Lipinski definition) is 8. The second-order valence-corrected chi connectivity index (χ2v) is 13.2. The quantitative estimate of drug-likeness (QED) is 0.199. The second kappa shape index (κ2) is 15.7. The number of ether oxygens (including phenoxy) is 3. The number of likely N-dealkylation sites (tertiary alicyclic amines) is 1. The summed E-state index contributed by atoms with van der Waals surface area (Å²) in [4.78, 5) is 59.1. The summed E-state index contributed by atoms with van der Waals surface area (Å²) in [7, 11) is 1.49. The van der Waals surface area contributed by atoms with Crippen molar-refractivity contribution >= 4 is 41.0 Å². The minimum atomic E-state index is -1.33. The highest BCUT2D eigenvalue weighted by Gasteiger charge is 2.75. The molecule has 262 valence electrons. The first-order chi connectivity index (χ1) is 23.6. The molecule has 3 aliphatic heterocycles. The third-order valence-corrected chi connectivity index (χ3v) is 9.96. The maximum atomic E-state index is 14.6. The van der Waals surface area contributed by atoms with E-state index in [1.165, 1.54) is 16.9 Å². The van der Waals surface area contributed by atoms with Crippen LogP contribution in [-0.4, -0.2) is 90.4 Å². The number of hydrogen-bond donors (Lipinski definition) is 2. The molecule has 49 heavy (non-hydrogen) atoms. The standard InChI is InChI=1S/C37H44ClN3O8/c1-5-7-13-29(43)39-27(22-47-4)32(24-11-9-8-10-12-24)48-36(46)30-28-18-19-37(49-28)31(30)34(44)41(23(3)21-42)33(37)35(45)40(20-6-2)26-16-14-25(38)15-17-26/h5-6,8-12,14-17,23,27-28,30-33,42H,1-2,7,13,18-22H2,3-4H3,(H,39,43)/t23-,27-,28-,30+,31+,32-,33-,37+/m1/s1. The van der Waals surface area contributed by atoms with Crippen molar-refractivity contribution in [2.24, 2.45) is 11.8 Å². The Kier molecular flexibility index (Phi) is 11.6. The number of halogens is 1. The number of allylic oxidation sites excluding steroid dienone is 1. The highest BCUT2D eigenvalue weighted by molar-refractivity contribution is 6.30. The molecular formula is C37H44ClN3O8. The monoisotopic (exact) mass is 693 g/mol. The summed E-state index contributed by atoms with van der Waals surface area (Å²) >= 11 is 6.13. The highest BCUT2D eigenvalue weighted by Crippen LogP contribution is 2.59. The minimum absolute atomic E-state index is 0.0474. The van der Waals surface area contributed by atoms with Crippen molar-refractivity contribution < 1.29 is 38.5 Å². The Morgan fingerprint density at radius 2 is 1.88 bits per heavy atom. The summed E-state index contributed by atoms with van der Waals surface area (Å²) in [5, 5.41) is 13.7. The molecule has 0 saturated carbocycles. The first-order valence-electron chi connectivity index (χ1n) is 16.5. The van der Waals surface area contributed by atoms with E-state index in [-0.39, 0.29) is 25.5 Å². The number of aliphatic hydroxyl groups is 1. The average molecular weight is 694 g/mol. The third kappa shape index (κ3) is 7.03. The van der Waals surface area contributed by atoms with Crippen LogP contribution in [0.4, 0.5) is 5.69 Å². The predicted molar refractivity (Wildman–Crippen MR) is 184 cm³/mol. The lowest BCUT2D eigenvalue weighted by Gasteiger charge is -2.38. The Balaban J connectivity index is 1.50. The summed E-state index contributed by atoms with van der Waals surface area (Å²) in [5.74, 6) is -3.87. The van der Waals surface area contributed by atoms with Gasteiger partial charge in [0.15, 0.2) is 0 Å². The van der Waals surface area contributed by atoms with E-state index in [2.05, 4.69) is 18.5 Å². The molecule has 2 bridgehead atoms. The van der Waals surface area contributed by atoms with Gasteiger partial charge in [-0.3, -0.25) is 19.2 Å². The van der Waals surface area contributed by atoms with E-state index in [0.29, 0.717) is 35.5 Å². The van der Waals surface area contributed by atoms with E-state index in [1.807, 2.05) is 6.07 Å². The largest absolute Gasteiger partial charge is 0.455 e. The van der Waals surface area contributed by atoms with Gasteiger partial charge in [-0.1, -0.05) is 54.1 Å². The van der Waals surface area contributed by atoms with Crippen LogP contribution in [0.2, 0.25) is 5.02 Å². The first-order valence-corrected chi connectivity index (χ1v) is 16.9. The lowest BCUT2D eigenvalue weighted by Crippen LogP contribution is -2.58. The molecule has 0 radical (unpaired) electrons. The number of methoxy groups -OCH3 is 1. The van der Waals surface area contributed by atoms with Gasteiger partial charge in [-0.05, 0) is 56.0 Å². The fourth-order valence-electron chi connectivity index (χ4n) is 7.55. The maximum absolute atomic E-state index is 14.6. The van der Waals surface area contributed by atoms with Crippen LogP contribution >= 0.6 is 11.6 Å². The zero-order valence-corrected chi connectivity index (χ0v) is 28.6. The van der Waals surface area contributed by atoms with E-state index >= 15 is 0 Å². The fourth-order valence-corrected chi connectivity index (χ4v) is 7.67. The van der Waals surface area contributed by atoms with E-state index < -0.39 is 72.2 Å². The van der Waals surface area contributed by atoms with Gasteiger partial charge in [-0.2, -0.15) is 0 Å². The molecule has 3 saturated heterocycles. The molecule has 0 unspecified atom stereocenters. The van der Waals surface area contributed by atoms with Crippen LogP contribution in [-0.2, 0) is 33.4 Å². The Hall–Kier alpha value is -4.03. The molecule has 2 aromatic rings. The fraction of sp³-hybridized carbons (Fsp3) is 0.459. The lowest BCUT2D eigenvalue weighted by atomic mass is 9.70. The molecule has 2 N–H and O–H groups in total. The van der Waals surface area contributed by atoms with Gasteiger partial charge in [0.1, 0.15) is 17.7 Å². The van der Waals surface area contributed by atoms with Gasteiger partial charge >= 0.3 is 5.97 Å². The number of fused-ring (bicyclic) bond motifs is 1. The average Bonchev–Trinajstić information content (AvgIpc) is 3.76. The number of esters is 1. The van der Waals surface area contributed by atoms with Crippen molar-refractivity contribution in [3.05, 3.63) is 90.5 Å². The van der Waals surface area contributed by atoms with Crippen LogP contribution in [0.25, 0.3) is 0 Å². The van der Waals surface area contributed by atoms with Gasteiger partial charge < -0.3 is 34.4 Å². The van der Waals surface area contributed by atoms with E-state index in [9.17, 15) is 24.3 Å². The smallest absolute Gasteiger partial charge is 0.313 e. The van der Waals surface area contributed by atoms with Gasteiger partial charge in [0, 0.05) is 30.8 Å². The molecule has 8 atom stereocenters. The van der Waals surface area contributed by atoms with Crippen molar-refractivity contribution in [1.82, 2.24) is 10.2 Å². The lowest BCUT2D eigenvalue weighted by molar-refractivity contribution is -0.163. The molecular weight excluding hydrogens is 650 g/mol. The number of aliphatic hydroxyl groups excluding tert-OH is 1. The SMILES string of the molecule is C=CCCC(=O)N[C@H](COC)[C@H](OC(=O)[C@@H]1[C@H]2C(=O)N([C@H](C)CO)[C@H](C(=O)N(CC=C)c3ccc(Cl)cc3)[C@]23CC[C@H]1O3)c1ccccc1. The summed E-state index contributed by atoms with van der Waals surface area (Å²) < 4.78 is 18.3. The van der Waals surface area contributed by atoms with Crippen LogP contribution in [0.5, 0.6) is 0 Å². The summed E-state index contributed by atoms with van der Waals surface area (Å²) in [5.41, 5.74) is -0.151. The van der Waals surface area contributed by atoms with Gasteiger partial charge in [-0.25, -0.2) is 0 Å². The predicted octanol–water partition coefficient (Wildman–Crippen LogP) is 4.00. The van der Waals surface area contributed by atoms with Crippen LogP contribution in [0, 0.1) is 11.8 Å². The summed E-state index contributed by atoms with van der Waals surface area (Å²) in [6.07, 6.45) is 3.06. The van der Waals surface area contributed by atoms with Crippen LogP contribution < -0.4 is 10.2 Å². The van der Waals surface area contributed by atoms with Crippen LogP contribution in [0.3, 0.4) is 0 Å². The van der Waals surface area contributed by atoms with Gasteiger partial charge in [0.25, 0.3) is 5.91 Å². The number of rotatable bonds is 16. The Bertz CT molecular complexity index is 1540. The number of amides is 3. The Labute approximate surface area is 291 Å². The zero-order chi connectivity index (χ0) is 35.3. The third-order valence-electron chi connectivity index (χ3n) is 9.70. The molecule has 1 spiro atoms. The molecule has 3 amide bonds. The highest BCUT2D eigenvalue weighted by atomic mass is 35.5. The van der Waals surface area contributed by atoms with Crippen molar-refractivity contribution in [2.75, 3.05) is 31.8 Å². The number of anilines is 1. The van der Waals surface area contributed by atoms with E-state index in [1.54, 1.807) is 67.6 Å². The molecule has 5 rings (SSSR count). The molecule has 11 nitrogen and oxygen atoms in total. The maximum Gasteiger partial charge on any atom is 0.313 e. The molecule has 3 fully saturated rings. The minimum Gasteiger partial charge on any atom is -0.455 e. The number of nitrogens with zero attached hydrogens (tertiary/aromatic N) is 2. The normalized spacial score (nSPS) is 25.6. The number of nitrogens with one attached hydrogen (secondary N) is 1. The van der Waals surface area contributed by atoms with Gasteiger partial charge in [0.05, 0.1) is 43.2 Å². The first kappa shape index (κ1) is 36.3. The molecule has 3 heterocycles. The second-order valence-electron chi connectivity index (χ2n) is 12.8. The number of carbonyl (C=O) groups excluding carboxylic acids is 4. The Morgan fingerprint density at radius 1 is 1.16 bits per heavy atom.